The number of fused-ring (bicyclic) bond motifs is 1. The molecule has 1 saturated heterocycles. The summed E-state index contributed by atoms with van der Waals surface area (Å²) in [5, 5.41) is 9.39. The van der Waals surface area contributed by atoms with E-state index in [4.69, 9.17) is 11.5 Å². The smallest absolute Gasteiger partial charge is 0.165 e. The predicted octanol–water partition coefficient (Wildman–Crippen LogP) is 2.43. The van der Waals surface area contributed by atoms with Gasteiger partial charge in [-0.15, -0.1) is 0 Å². The third kappa shape index (κ3) is 4.33. The highest BCUT2D eigenvalue weighted by Gasteiger charge is 2.39. The summed E-state index contributed by atoms with van der Waals surface area (Å²) in [6.07, 6.45) is 4.04. The molecule has 1 aromatic carbocycles. The van der Waals surface area contributed by atoms with Crippen LogP contribution in [0.1, 0.15) is 18.4 Å². The number of rotatable bonds is 6. The van der Waals surface area contributed by atoms with Crippen molar-refractivity contribution in [3.63, 3.8) is 0 Å². The lowest BCUT2D eigenvalue weighted by Gasteiger charge is -2.43. The molecule has 0 saturated carbocycles. The molecule has 1 aliphatic rings. The Bertz CT molecular complexity index is 1410. The van der Waals surface area contributed by atoms with E-state index in [2.05, 4.69) is 19.9 Å². The molecular formula is C24H25F3N8O. The van der Waals surface area contributed by atoms with Crippen molar-refractivity contribution < 1.29 is 18.3 Å². The van der Waals surface area contributed by atoms with Gasteiger partial charge in [0.05, 0.1) is 42.6 Å². The number of alkyl halides is 1. The normalized spacial score (nSPS) is 19.1. The fraction of sp³-hybridized carbons (Fsp3) is 0.333. The molecule has 188 valence electrons. The van der Waals surface area contributed by atoms with Crippen LogP contribution >= 0.6 is 0 Å². The summed E-state index contributed by atoms with van der Waals surface area (Å²) in [5.41, 5.74) is 14.3. The van der Waals surface area contributed by atoms with Crippen LogP contribution in [-0.2, 0) is 6.54 Å². The third-order valence-electron chi connectivity index (χ3n) is 6.63. The van der Waals surface area contributed by atoms with Crippen molar-refractivity contribution >= 4 is 22.7 Å². The van der Waals surface area contributed by atoms with Gasteiger partial charge in [-0.05, 0) is 42.7 Å². The number of nitrogen functional groups attached to an aromatic ring is 1. The molecule has 4 aromatic rings. The first-order chi connectivity index (χ1) is 17.3. The van der Waals surface area contributed by atoms with Gasteiger partial charge in [-0.25, -0.2) is 28.1 Å². The molecule has 0 aliphatic carbocycles. The lowest BCUT2D eigenvalue weighted by atomic mass is 9.85. The van der Waals surface area contributed by atoms with Crippen molar-refractivity contribution in [3.8, 4) is 11.3 Å². The number of aliphatic hydroxyl groups excluding tert-OH is 1. The standard InChI is InChI=1S/C24H25F3N8O/c25-16-3-2-14(6-17(16)26)18-7-15(9-35-13-33-21-22(28)31-12-32-23(21)35)19(8-30-18)34-5-1-4-24(29,11-34)20(27)10-36/h2-3,6-8,12-13,20,36H,1,4-5,9-11,29H2,(H2,28,31,32)/t20-,24+/m0/s1. The fourth-order valence-electron chi connectivity index (χ4n) is 4.67. The number of hydrogen-bond acceptors (Lipinski definition) is 8. The maximum Gasteiger partial charge on any atom is 0.165 e. The number of benzene rings is 1. The van der Waals surface area contributed by atoms with Gasteiger partial charge in [0, 0.05) is 18.7 Å². The van der Waals surface area contributed by atoms with E-state index >= 15 is 0 Å². The molecule has 3 aromatic heterocycles. The van der Waals surface area contributed by atoms with Gasteiger partial charge in [0.15, 0.2) is 23.1 Å². The molecule has 5 N–H and O–H groups in total. The predicted molar refractivity (Wildman–Crippen MR) is 129 cm³/mol. The van der Waals surface area contributed by atoms with E-state index in [9.17, 15) is 18.3 Å². The first kappa shape index (κ1) is 23.9. The second-order valence-corrected chi connectivity index (χ2v) is 9.04. The van der Waals surface area contributed by atoms with Crippen LogP contribution in [0.5, 0.6) is 0 Å². The molecule has 0 amide bonds. The fourth-order valence-corrected chi connectivity index (χ4v) is 4.67. The van der Waals surface area contributed by atoms with Crippen molar-refractivity contribution in [2.75, 3.05) is 30.3 Å². The largest absolute Gasteiger partial charge is 0.393 e. The number of aromatic nitrogens is 5. The Kier molecular flexibility index (Phi) is 6.22. The van der Waals surface area contributed by atoms with E-state index < -0.39 is 30.0 Å². The monoisotopic (exact) mass is 498 g/mol. The van der Waals surface area contributed by atoms with Crippen LogP contribution in [0.15, 0.2) is 43.1 Å². The summed E-state index contributed by atoms with van der Waals surface area (Å²) >= 11 is 0. The SMILES string of the molecule is Nc1ncnc2c1ncn2Cc1cc(-c2ccc(F)c(F)c2)ncc1N1CCC[C@](N)([C@@H](F)CO)C1. The zero-order valence-corrected chi connectivity index (χ0v) is 19.3. The molecular weight excluding hydrogens is 473 g/mol. The van der Waals surface area contributed by atoms with Crippen molar-refractivity contribution in [2.45, 2.75) is 31.1 Å². The van der Waals surface area contributed by atoms with Gasteiger partial charge in [-0.3, -0.25) is 4.98 Å². The number of nitrogens with two attached hydrogens (primary N) is 2. The molecule has 1 aliphatic heterocycles. The summed E-state index contributed by atoms with van der Waals surface area (Å²) in [6.45, 7) is 0.408. The number of hydrogen-bond donors (Lipinski definition) is 3. The number of aliphatic hydroxyl groups is 1. The minimum absolute atomic E-state index is 0.174. The number of halogens is 3. The molecule has 0 bridgehead atoms. The van der Waals surface area contributed by atoms with Gasteiger partial charge in [-0.2, -0.15) is 0 Å². The van der Waals surface area contributed by atoms with Crippen molar-refractivity contribution in [2.24, 2.45) is 5.73 Å². The first-order valence-corrected chi connectivity index (χ1v) is 11.4. The summed E-state index contributed by atoms with van der Waals surface area (Å²) in [5.74, 6) is -1.68. The minimum atomic E-state index is -1.57. The molecule has 9 nitrogen and oxygen atoms in total. The molecule has 4 heterocycles. The lowest BCUT2D eigenvalue weighted by Crippen LogP contribution is -2.61. The van der Waals surface area contributed by atoms with Gasteiger partial charge < -0.3 is 26.0 Å². The maximum atomic E-state index is 14.5. The zero-order valence-electron chi connectivity index (χ0n) is 19.3. The van der Waals surface area contributed by atoms with Crippen molar-refractivity contribution in [3.05, 3.63) is 60.3 Å². The summed E-state index contributed by atoms with van der Waals surface area (Å²) in [7, 11) is 0. The number of piperidine rings is 1. The summed E-state index contributed by atoms with van der Waals surface area (Å²) < 4.78 is 43.8. The quantitative estimate of drug-likeness (QED) is 0.369. The number of imidazole rings is 1. The second-order valence-electron chi connectivity index (χ2n) is 9.04. The molecule has 0 unspecified atom stereocenters. The maximum absolute atomic E-state index is 14.5. The lowest BCUT2D eigenvalue weighted by molar-refractivity contribution is 0.0943. The van der Waals surface area contributed by atoms with E-state index in [1.807, 2.05) is 4.90 Å². The van der Waals surface area contributed by atoms with E-state index in [1.165, 1.54) is 12.4 Å². The van der Waals surface area contributed by atoms with Crippen LogP contribution < -0.4 is 16.4 Å². The van der Waals surface area contributed by atoms with E-state index in [-0.39, 0.29) is 18.9 Å². The Hall–Kier alpha value is -3.77. The minimum Gasteiger partial charge on any atom is -0.393 e. The molecule has 12 heteroatoms. The Labute approximate surface area is 204 Å². The topological polar surface area (TPSA) is 132 Å². The molecule has 36 heavy (non-hydrogen) atoms. The Balaban J connectivity index is 1.58. The average Bonchev–Trinajstić information content (AvgIpc) is 3.29. The van der Waals surface area contributed by atoms with E-state index in [1.54, 1.807) is 23.2 Å². The van der Waals surface area contributed by atoms with Gasteiger partial charge >= 0.3 is 0 Å². The van der Waals surface area contributed by atoms with Crippen LogP contribution in [0.25, 0.3) is 22.4 Å². The van der Waals surface area contributed by atoms with Gasteiger partial charge in [0.1, 0.15) is 18.0 Å². The van der Waals surface area contributed by atoms with Gasteiger partial charge in [-0.1, -0.05) is 0 Å². The first-order valence-electron chi connectivity index (χ1n) is 11.4. The van der Waals surface area contributed by atoms with E-state index in [0.29, 0.717) is 47.5 Å². The summed E-state index contributed by atoms with van der Waals surface area (Å²) in [4.78, 5) is 19.0. The van der Waals surface area contributed by atoms with Gasteiger partial charge in [0.2, 0.25) is 0 Å². The van der Waals surface area contributed by atoms with Crippen molar-refractivity contribution in [1.29, 1.82) is 0 Å². The Morgan fingerprint density at radius 1 is 1.11 bits per heavy atom. The highest BCUT2D eigenvalue weighted by molar-refractivity contribution is 5.81. The highest BCUT2D eigenvalue weighted by atomic mass is 19.2. The average molecular weight is 499 g/mol. The van der Waals surface area contributed by atoms with Gasteiger partial charge in [0.25, 0.3) is 0 Å². The number of anilines is 2. The molecule has 0 spiro atoms. The van der Waals surface area contributed by atoms with Crippen LogP contribution in [-0.4, -0.2) is 61.0 Å². The molecule has 0 radical (unpaired) electrons. The van der Waals surface area contributed by atoms with Crippen LogP contribution in [0.4, 0.5) is 24.7 Å². The Morgan fingerprint density at radius 2 is 1.94 bits per heavy atom. The number of pyridine rings is 1. The summed E-state index contributed by atoms with van der Waals surface area (Å²) in [6, 6.07) is 5.35. The second kappa shape index (κ2) is 9.36. The van der Waals surface area contributed by atoms with Crippen LogP contribution in [0.2, 0.25) is 0 Å². The van der Waals surface area contributed by atoms with Crippen LogP contribution in [0, 0.1) is 11.6 Å². The highest BCUT2D eigenvalue weighted by Crippen LogP contribution is 2.33. The molecule has 5 rings (SSSR count). The molecule has 1 fully saturated rings. The van der Waals surface area contributed by atoms with E-state index in [0.717, 1.165) is 17.7 Å². The molecule has 2 atom stereocenters. The number of nitrogens with zero attached hydrogens (tertiary/aromatic N) is 6. The van der Waals surface area contributed by atoms with Crippen molar-refractivity contribution in [1.82, 2.24) is 24.5 Å². The Morgan fingerprint density at radius 3 is 2.72 bits per heavy atom. The zero-order chi connectivity index (χ0) is 25.4. The van der Waals surface area contributed by atoms with Crippen LogP contribution in [0.3, 0.4) is 0 Å². The third-order valence-corrected chi connectivity index (χ3v) is 6.63.